The molecule has 1 aliphatic heterocycles. The third kappa shape index (κ3) is 2.45. The second-order valence-electron chi connectivity index (χ2n) is 8.54. The van der Waals surface area contributed by atoms with E-state index in [0.717, 1.165) is 35.8 Å². The highest BCUT2D eigenvalue weighted by molar-refractivity contribution is 5.16. The maximum atomic E-state index is 4.10. The summed E-state index contributed by atoms with van der Waals surface area (Å²) in [5.74, 6) is 3.66. The average Bonchev–Trinajstić information content (AvgIpc) is 2.88. The van der Waals surface area contributed by atoms with E-state index in [-0.39, 0.29) is 0 Å². The van der Waals surface area contributed by atoms with Gasteiger partial charge in [-0.15, -0.1) is 6.58 Å². The molecule has 6 unspecified atom stereocenters. The van der Waals surface area contributed by atoms with Crippen molar-refractivity contribution in [1.29, 1.82) is 0 Å². The van der Waals surface area contributed by atoms with Crippen LogP contribution in [0.3, 0.4) is 0 Å². The molecule has 122 valence electrons. The van der Waals surface area contributed by atoms with Gasteiger partial charge in [-0.25, -0.2) is 0 Å². The van der Waals surface area contributed by atoms with Gasteiger partial charge in [0.1, 0.15) is 0 Å². The van der Waals surface area contributed by atoms with Crippen molar-refractivity contribution in [2.75, 3.05) is 0 Å². The molecule has 0 aromatic heterocycles. The second-order valence-corrected chi connectivity index (χ2v) is 8.54. The topological polar surface area (TPSA) is 3.24 Å². The molecule has 0 bridgehead atoms. The minimum absolute atomic E-state index is 0.791. The van der Waals surface area contributed by atoms with Gasteiger partial charge in [0.05, 0.1) is 0 Å². The number of rotatable bonds is 2. The van der Waals surface area contributed by atoms with Gasteiger partial charge in [0.25, 0.3) is 0 Å². The van der Waals surface area contributed by atoms with E-state index in [2.05, 4.69) is 30.6 Å². The monoisotopic (exact) mass is 299 g/mol. The number of hydrogen-bond donors (Lipinski definition) is 0. The number of nitrogens with zero attached hydrogens (tertiary/aromatic N) is 1. The van der Waals surface area contributed by atoms with Crippen LogP contribution >= 0.6 is 0 Å². The molecule has 6 atom stereocenters. The van der Waals surface area contributed by atoms with Crippen LogP contribution in [0.15, 0.2) is 24.4 Å². The van der Waals surface area contributed by atoms with Crippen molar-refractivity contribution in [1.82, 2.24) is 4.90 Å². The van der Waals surface area contributed by atoms with E-state index in [1.54, 1.807) is 5.70 Å². The zero-order valence-corrected chi connectivity index (χ0v) is 14.3. The van der Waals surface area contributed by atoms with Crippen LogP contribution < -0.4 is 0 Å². The van der Waals surface area contributed by atoms with Gasteiger partial charge in [-0.1, -0.05) is 19.1 Å². The fourth-order valence-electron chi connectivity index (χ4n) is 6.19. The molecule has 0 spiro atoms. The maximum absolute atomic E-state index is 4.10. The summed E-state index contributed by atoms with van der Waals surface area (Å²) >= 11 is 0. The molecular weight excluding hydrogens is 266 g/mol. The zero-order chi connectivity index (χ0) is 15.1. The van der Waals surface area contributed by atoms with E-state index in [4.69, 9.17) is 0 Å². The number of likely N-dealkylation sites (tertiary alicyclic amines) is 1. The Bertz CT molecular complexity index is 451. The van der Waals surface area contributed by atoms with Crippen molar-refractivity contribution in [3.63, 3.8) is 0 Å². The van der Waals surface area contributed by atoms with Gasteiger partial charge < -0.3 is 4.90 Å². The lowest BCUT2D eigenvalue weighted by molar-refractivity contribution is 0.158. The number of hydrogen-bond acceptors (Lipinski definition) is 1. The average molecular weight is 300 g/mol. The molecule has 0 aromatic carbocycles. The number of fused-ring (bicyclic) bond motifs is 3. The van der Waals surface area contributed by atoms with Crippen LogP contribution in [-0.4, -0.2) is 17.0 Å². The SMILES string of the molecule is C=CC1CCC2C(C1)C1CC(C)CCC1N2C1=CCCCC1. The smallest absolute Gasteiger partial charge is 0.0322 e. The molecule has 0 radical (unpaired) electrons. The summed E-state index contributed by atoms with van der Waals surface area (Å²) in [5, 5.41) is 0. The quantitative estimate of drug-likeness (QED) is 0.605. The molecule has 1 heteroatoms. The molecule has 0 amide bonds. The van der Waals surface area contributed by atoms with Gasteiger partial charge in [0.2, 0.25) is 0 Å². The highest BCUT2D eigenvalue weighted by Gasteiger charge is 2.52. The largest absolute Gasteiger partial charge is 0.369 e. The van der Waals surface area contributed by atoms with Crippen molar-refractivity contribution in [3.05, 3.63) is 24.4 Å². The molecule has 2 saturated carbocycles. The van der Waals surface area contributed by atoms with E-state index >= 15 is 0 Å². The van der Waals surface area contributed by atoms with Crippen molar-refractivity contribution in [2.45, 2.75) is 83.2 Å². The van der Waals surface area contributed by atoms with Gasteiger partial charge in [0.15, 0.2) is 0 Å². The maximum Gasteiger partial charge on any atom is 0.0322 e. The zero-order valence-electron chi connectivity index (χ0n) is 14.3. The Morgan fingerprint density at radius 2 is 1.82 bits per heavy atom. The molecule has 4 rings (SSSR count). The van der Waals surface area contributed by atoms with Crippen molar-refractivity contribution < 1.29 is 0 Å². The minimum Gasteiger partial charge on any atom is -0.369 e. The Labute approximate surface area is 136 Å². The van der Waals surface area contributed by atoms with Crippen LogP contribution in [0.25, 0.3) is 0 Å². The third-order valence-corrected chi connectivity index (χ3v) is 7.22. The van der Waals surface area contributed by atoms with Crippen molar-refractivity contribution in [3.8, 4) is 0 Å². The summed E-state index contributed by atoms with van der Waals surface area (Å²) in [7, 11) is 0. The van der Waals surface area contributed by atoms with Crippen LogP contribution in [0.4, 0.5) is 0 Å². The van der Waals surface area contributed by atoms with E-state index < -0.39 is 0 Å². The Hall–Kier alpha value is -0.720. The normalized spacial score (nSPS) is 45.0. The van der Waals surface area contributed by atoms with Crippen molar-refractivity contribution >= 4 is 0 Å². The Morgan fingerprint density at radius 3 is 2.55 bits per heavy atom. The first-order valence-corrected chi connectivity index (χ1v) is 9.88. The van der Waals surface area contributed by atoms with E-state index in [1.807, 2.05) is 0 Å². The van der Waals surface area contributed by atoms with Gasteiger partial charge >= 0.3 is 0 Å². The second kappa shape index (κ2) is 6.06. The summed E-state index contributed by atoms with van der Waals surface area (Å²) in [6.45, 7) is 6.59. The van der Waals surface area contributed by atoms with Gasteiger partial charge in [-0.3, -0.25) is 0 Å². The molecule has 1 nitrogen and oxygen atoms in total. The lowest BCUT2D eigenvalue weighted by Crippen LogP contribution is -2.40. The molecule has 1 saturated heterocycles. The number of allylic oxidation sites excluding steroid dienone is 3. The summed E-state index contributed by atoms with van der Waals surface area (Å²) in [4.78, 5) is 2.97. The Morgan fingerprint density at radius 1 is 1.05 bits per heavy atom. The lowest BCUT2D eigenvalue weighted by atomic mass is 9.68. The molecular formula is C21H33N. The van der Waals surface area contributed by atoms with Crippen LogP contribution in [0, 0.1) is 23.7 Å². The van der Waals surface area contributed by atoms with E-state index in [0.29, 0.717) is 0 Å². The molecule has 3 fully saturated rings. The Kier molecular flexibility index (Phi) is 4.09. The van der Waals surface area contributed by atoms with E-state index in [1.165, 1.54) is 64.2 Å². The third-order valence-electron chi connectivity index (χ3n) is 7.22. The highest BCUT2D eigenvalue weighted by atomic mass is 15.2. The molecule has 0 aromatic rings. The first-order valence-electron chi connectivity index (χ1n) is 9.88. The minimum atomic E-state index is 0.791. The predicted molar refractivity (Wildman–Crippen MR) is 93.5 cm³/mol. The summed E-state index contributed by atoms with van der Waals surface area (Å²) < 4.78 is 0. The van der Waals surface area contributed by atoms with Crippen LogP contribution in [-0.2, 0) is 0 Å². The highest BCUT2D eigenvalue weighted by Crippen LogP contribution is 2.53. The molecule has 4 aliphatic rings. The van der Waals surface area contributed by atoms with Gasteiger partial charge in [0, 0.05) is 17.8 Å². The lowest BCUT2D eigenvalue weighted by Gasteiger charge is -2.40. The van der Waals surface area contributed by atoms with Crippen LogP contribution in [0.1, 0.15) is 71.1 Å². The first-order chi connectivity index (χ1) is 10.8. The van der Waals surface area contributed by atoms with E-state index in [9.17, 15) is 0 Å². The Balaban J connectivity index is 1.63. The first kappa shape index (κ1) is 14.8. The summed E-state index contributed by atoms with van der Waals surface area (Å²) in [6, 6.07) is 1.74. The molecule has 3 aliphatic carbocycles. The molecule has 22 heavy (non-hydrogen) atoms. The van der Waals surface area contributed by atoms with Crippen LogP contribution in [0.5, 0.6) is 0 Å². The fourth-order valence-corrected chi connectivity index (χ4v) is 6.19. The van der Waals surface area contributed by atoms with Gasteiger partial charge in [-0.05, 0) is 87.9 Å². The standard InChI is InChI=1S/C21H33N/c1-3-16-10-12-21-19(14-16)18-13-15(2)9-11-20(18)22(21)17-7-5-4-6-8-17/h3,7,15-16,18-21H,1,4-6,8-14H2,2H3. The summed E-state index contributed by atoms with van der Waals surface area (Å²) in [6.07, 6.45) is 19.0. The van der Waals surface area contributed by atoms with Crippen molar-refractivity contribution in [2.24, 2.45) is 23.7 Å². The molecule has 1 heterocycles. The fraction of sp³-hybridized carbons (Fsp3) is 0.810. The van der Waals surface area contributed by atoms with Crippen LogP contribution in [0.2, 0.25) is 0 Å². The predicted octanol–water partition coefficient (Wildman–Crippen LogP) is 5.54. The van der Waals surface area contributed by atoms with Gasteiger partial charge in [-0.2, -0.15) is 0 Å². The summed E-state index contributed by atoms with van der Waals surface area (Å²) in [5.41, 5.74) is 1.74. The molecule has 0 N–H and O–H groups in total.